The predicted octanol–water partition coefficient (Wildman–Crippen LogP) is 4.47. The third-order valence-corrected chi connectivity index (χ3v) is 3.04. The van der Waals surface area contributed by atoms with Gasteiger partial charge in [-0.3, -0.25) is 4.79 Å². The van der Waals surface area contributed by atoms with E-state index in [9.17, 15) is 4.79 Å². The molecule has 0 aliphatic heterocycles. The van der Waals surface area contributed by atoms with Gasteiger partial charge in [-0.05, 0) is 32.1 Å². The van der Waals surface area contributed by atoms with Crippen molar-refractivity contribution < 1.29 is 9.53 Å². The van der Waals surface area contributed by atoms with Crippen molar-refractivity contribution in [3.05, 3.63) is 0 Å². The van der Waals surface area contributed by atoms with Gasteiger partial charge in [0, 0.05) is 6.92 Å². The lowest BCUT2D eigenvalue weighted by molar-refractivity contribution is -0.160. The van der Waals surface area contributed by atoms with Crippen LogP contribution in [0.5, 0.6) is 0 Å². The van der Waals surface area contributed by atoms with Crippen molar-refractivity contribution in [3.8, 4) is 0 Å². The summed E-state index contributed by atoms with van der Waals surface area (Å²) < 4.78 is 5.64. The molecule has 0 fully saturated rings. The van der Waals surface area contributed by atoms with Crippen LogP contribution in [-0.2, 0) is 9.53 Å². The van der Waals surface area contributed by atoms with Gasteiger partial charge in [0.2, 0.25) is 0 Å². The first-order valence-corrected chi connectivity index (χ1v) is 6.79. The van der Waals surface area contributed by atoms with Gasteiger partial charge in [0.25, 0.3) is 0 Å². The first-order valence-electron chi connectivity index (χ1n) is 6.79. The Hall–Kier alpha value is -0.530. The van der Waals surface area contributed by atoms with E-state index in [2.05, 4.69) is 20.8 Å². The molecule has 2 nitrogen and oxygen atoms in total. The van der Waals surface area contributed by atoms with E-state index < -0.39 is 0 Å². The molecule has 0 amide bonds. The fraction of sp³-hybridized carbons (Fsp3) is 0.929. The quantitative estimate of drug-likeness (QED) is 0.544. The highest BCUT2D eigenvalue weighted by Gasteiger charge is 2.31. The number of esters is 1. The molecule has 0 unspecified atom stereocenters. The monoisotopic (exact) mass is 228 g/mol. The average molecular weight is 228 g/mol. The number of unbranched alkanes of at least 4 members (excludes halogenated alkanes) is 2. The number of carbonyl (C=O) groups excluding carboxylic acids is 1. The van der Waals surface area contributed by atoms with Gasteiger partial charge in [-0.15, -0.1) is 0 Å². The van der Waals surface area contributed by atoms with Crippen LogP contribution in [0.1, 0.15) is 79.1 Å². The van der Waals surface area contributed by atoms with E-state index >= 15 is 0 Å². The molecule has 0 aliphatic rings. The summed E-state index contributed by atoms with van der Waals surface area (Å²) in [5, 5.41) is 0. The summed E-state index contributed by atoms with van der Waals surface area (Å²) in [6.45, 7) is 8.06. The number of ether oxygens (including phenoxy) is 1. The lowest BCUT2D eigenvalue weighted by Crippen LogP contribution is -2.34. The van der Waals surface area contributed by atoms with Gasteiger partial charge in [0.05, 0.1) is 0 Å². The fourth-order valence-electron chi connectivity index (χ4n) is 2.29. The van der Waals surface area contributed by atoms with Crippen molar-refractivity contribution >= 4 is 5.97 Å². The van der Waals surface area contributed by atoms with Crippen LogP contribution in [0.25, 0.3) is 0 Å². The molecule has 0 radical (unpaired) electrons. The van der Waals surface area contributed by atoms with Crippen LogP contribution in [0.4, 0.5) is 0 Å². The molecular formula is C14H28O2. The third-order valence-electron chi connectivity index (χ3n) is 3.04. The lowest BCUT2D eigenvalue weighted by atomic mass is 9.86. The van der Waals surface area contributed by atoms with Crippen molar-refractivity contribution in [2.45, 2.75) is 84.7 Å². The Balaban J connectivity index is 4.51. The summed E-state index contributed by atoms with van der Waals surface area (Å²) >= 11 is 0. The zero-order valence-electron chi connectivity index (χ0n) is 11.5. The molecule has 96 valence electrons. The van der Waals surface area contributed by atoms with Gasteiger partial charge in [-0.25, -0.2) is 0 Å². The van der Waals surface area contributed by atoms with Crippen LogP contribution in [0.3, 0.4) is 0 Å². The Morgan fingerprint density at radius 3 is 1.75 bits per heavy atom. The number of rotatable bonds is 9. The summed E-state index contributed by atoms with van der Waals surface area (Å²) in [4.78, 5) is 11.2. The summed E-state index contributed by atoms with van der Waals surface area (Å²) in [6.07, 6.45) is 8.77. The Bertz CT molecular complexity index is 179. The highest BCUT2D eigenvalue weighted by atomic mass is 16.6. The first kappa shape index (κ1) is 15.5. The summed E-state index contributed by atoms with van der Waals surface area (Å²) in [7, 11) is 0. The van der Waals surface area contributed by atoms with E-state index in [0.717, 1.165) is 38.5 Å². The predicted molar refractivity (Wildman–Crippen MR) is 68.5 cm³/mol. The maximum absolute atomic E-state index is 11.2. The molecule has 0 saturated carbocycles. The maximum atomic E-state index is 11.2. The van der Waals surface area contributed by atoms with Crippen molar-refractivity contribution in [1.29, 1.82) is 0 Å². The Labute approximate surface area is 101 Å². The highest BCUT2D eigenvalue weighted by molar-refractivity contribution is 5.66. The van der Waals surface area contributed by atoms with E-state index in [1.54, 1.807) is 0 Å². The molecule has 0 aromatic carbocycles. The van der Waals surface area contributed by atoms with Crippen LogP contribution in [0.15, 0.2) is 0 Å². The van der Waals surface area contributed by atoms with Crippen molar-refractivity contribution in [2.24, 2.45) is 0 Å². The molecule has 0 heterocycles. The molecular weight excluding hydrogens is 200 g/mol. The first-order chi connectivity index (χ1) is 7.60. The minimum absolute atomic E-state index is 0.124. The molecule has 0 aliphatic carbocycles. The van der Waals surface area contributed by atoms with Crippen molar-refractivity contribution in [2.75, 3.05) is 0 Å². The topological polar surface area (TPSA) is 26.3 Å². The molecule has 16 heavy (non-hydrogen) atoms. The van der Waals surface area contributed by atoms with Crippen molar-refractivity contribution in [1.82, 2.24) is 0 Å². The number of carbonyl (C=O) groups is 1. The minimum atomic E-state index is -0.174. The number of hydrogen-bond donors (Lipinski definition) is 0. The van der Waals surface area contributed by atoms with E-state index in [4.69, 9.17) is 4.74 Å². The van der Waals surface area contributed by atoms with E-state index in [1.165, 1.54) is 19.8 Å². The van der Waals surface area contributed by atoms with E-state index in [1.807, 2.05) is 0 Å². The zero-order valence-corrected chi connectivity index (χ0v) is 11.5. The van der Waals surface area contributed by atoms with Gasteiger partial charge >= 0.3 is 5.97 Å². The normalized spacial score (nSPS) is 11.5. The average Bonchev–Trinajstić information content (AvgIpc) is 2.23. The van der Waals surface area contributed by atoms with Crippen LogP contribution in [0, 0.1) is 0 Å². The second-order valence-electron chi connectivity index (χ2n) is 4.73. The molecule has 0 aromatic heterocycles. The summed E-state index contributed by atoms with van der Waals surface area (Å²) in [5.41, 5.74) is -0.174. The molecule has 0 N–H and O–H groups in total. The van der Waals surface area contributed by atoms with Crippen LogP contribution >= 0.6 is 0 Å². The molecule has 0 saturated heterocycles. The van der Waals surface area contributed by atoms with Crippen LogP contribution < -0.4 is 0 Å². The van der Waals surface area contributed by atoms with Gasteiger partial charge in [-0.1, -0.05) is 40.0 Å². The SMILES string of the molecule is CCCCC(CCC)(CCCC)OC(C)=O. The fourth-order valence-corrected chi connectivity index (χ4v) is 2.29. The molecule has 0 spiro atoms. The Morgan fingerprint density at radius 2 is 1.44 bits per heavy atom. The largest absolute Gasteiger partial charge is 0.459 e. The molecule has 0 bridgehead atoms. The van der Waals surface area contributed by atoms with Gasteiger partial charge in [-0.2, -0.15) is 0 Å². The third kappa shape index (κ3) is 6.14. The second-order valence-corrected chi connectivity index (χ2v) is 4.73. The molecule has 0 aromatic rings. The number of hydrogen-bond acceptors (Lipinski definition) is 2. The van der Waals surface area contributed by atoms with Gasteiger partial charge in [0.1, 0.15) is 5.60 Å². The second kappa shape index (κ2) is 8.60. The Kier molecular flexibility index (Phi) is 8.32. The summed E-state index contributed by atoms with van der Waals surface area (Å²) in [5.74, 6) is -0.124. The standard InChI is InChI=1S/C14H28O2/c1-5-8-11-14(10-7-3,12-9-6-2)16-13(4)15/h5-12H2,1-4H3. The smallest absolute Gasteiger partial charge is 0.303 e. The molecule has 0 rings (SSSR count). The van der Waals surface area contributed by atoms with Gasteiger partial charge < -0.3 is 4.74 Å². The summed E-state index contributed by atoms with van der Waals surface area (Å²) in [6, 6.07) is 0. The van der Waals surface area contributed by atoms with Crippen LogP contribution in [0.2, 0.25) is 0 Å². The molecule has 0 atom stereocenters. The maximum Gasteiger partial charge on any atom is 0.303 e. The van der Waals surface area contributed by atoms with Gasteiger partial charge in [0.15, 0.2) is 0 Å². The van der Waals surface area contributed by atoms with E-state index in [0.29, 0.717) is 0 Å². The molecule has 2 heteroatoms. The van der Waals surface area contributed by atoms with Crippen LogP contribution in [-0.4, -0.2) is 11.6 Å². The van der Waals surface area contributed by atoms with E-state index in [-0.39, 0.29) is 11.6 Å². The minimum Gasteiger partial charge on any atom is -0.459 e. The zero-order chi connectivity index (χ0) is 12.4. The lowest BCUT2D eigenvalue weighted by Gasteiger charge is -2.33. The van der Waals surface area contributed by atoms with Crippen molar-refractivity contribution in [3.63, 3.8) is 0 Å². The Morgan fingerprint density at radius 1 is 0.938 bits per heavy atom. The highest BCUT2D eigenvalue weighted by Crippen LogP contribution is 2.31.